The molecule has 2 heterocycles. The number of aryl methyl sites for hydroxylation is 1. The first-order chi connectivity index (χ1) is 11.1. The minimum atomic E-state index is -0.388. The maximum Gasteiger partial charge on any atom is 0.248 e. The molecule has 0 spiro atoms. The lowest BCUT2D eigenvalue weighted by Gasteiger charge is -2.33. The first kappa shape index (κ1) is 15.7. The number of amides is 1. The Morgan fingerprint density at radius 3 is 3.09 bits per heavy atom. The fourth-order valence-electron chi connectivity index (χ4n) is 2.89. The summed E-state index contributed by atoms with van der Waals surface area (Å²) in [7, 11) is 0. The van der Waals surface area contributed by atoms with Crippen molar-refractivity contribution in [1.29, 1.82) is 0 Å². The Balaban J connectivity index is 1.60. The zero-order valence-electron chi connectivity index (χ0n) is 13.3. The summed E-state index contributed by atoms with van der Waals surface area (Å²) < 4.78 is 7.77. The lowest BCUT2D eigenvalue weighted by Crippen LogP contribution is -2.43. The van der Waals surface area contributed by atoms with Crippen LogP contribution in [0.15, 0.2) is 36.7 Å². The summed E-state index contributed by atoms with van der Waals surface area (Å²) in [4.78, 5) is 13.6. The highest BCUT2D eigenvalue weighted by Gasteiger charge is 2.21. The minimum absolute atomic E-state index is 0.127. The van der Waals surface area contributed by atoms with Gasteiger partial charge in [0.2, 0.25) is 5.91 Å². The first-order valence-corrected chi connectivity index (χ1v) is 7.82. The van der Waals surface area contributed by atoms with E-state index in [9.17, 15) is 4.79 Å². The molecule has 1 aromatic carbocycles. The van der Waals surface area contributed by atoms with Crippen LogP contribution in [0.25, 0.3) is 0 Å². The van der Waals surface area contributed by atoms with Crippen LogP contribution in [0.5, 0.6) is 0 Å². The number of primary amides is 1. The summed E-state index contributed by atoms with van der Waals surface area (Å²) in [5.41, 5.74) is 8.15. The fourth-order valence-corrected chi connectivity index (χ4v) is 2.89. The number of carbonyl (C=O) groups excluding carboxylic acids is 1. The Bertz CT molecular complexity index is 683. The Labute approximate surface area is 135 Å². The number of hydrogen-bond acceptors (Lipinski definition) is 4. The lowest BCUT2D eigenvalue weighted by atomic mass is 10.1. The molecule has 3 rings (SSSR count). The van der Waals surface area contributed by atoms with E-state index in [4.69, 9.17) is 10.5 Å². The largest absolute Gasteiger partial charge is 0.374 e. The van der Waals surface area contributed by atoms with Crippen LogP contribution < -0.4 is 5.73 Å². The zero-order valence-corrected chi connectivity index (χ0v) is 13.3. The van der Waals surface area contributed by atoms with Crippen LogP contribution >= 0.6 is 0 Å². The molecule has 1 aliphatic heterocycles. The van der Waals surface area contributed by atoms with Gasteiger partial charge in [-0.2, -0.15) is 5.10 Å². The molecule has 1 amide bonds. The van der Waals surface area contributed by atoms with Crippen molar-refractivity contribution in [3.8, 4) is 0 Å². The molecule has 1 atom stereocenters. The second-order valence-electron chi connectivity index (χ2n) is 6.03. The van der Waals surface area contributed by atoms with Gasteiger partial charge in [0.1, 0.15) is 0 Å². The quantitative estimate of drug-likeness (QED) is 0.900. The molecular formula is C17H22N4O2. The highest BCUT2D eigenvalue weighted by atomic mass is 16.5. The van der Waals surface area contributed by atoms with Crippen molar-refractivity contribution >= 4 is 5.91 Å². The van der Waals surface area contributed by atoms with Crippen LogP contribution in [0.3, 0.4) is 0 Å². The topological polar surface area (TPSA) is 73.4 Å². The third-order valence-corrected chi connectivity index (χ3v) is 3.99. The fraction of sp³-hybridized carbons (Fsp3) is 0.412. The lowest BCUT2D eigenvalue weighted by molar-refractivity contribution is -0.0402. The average Bonchev–Trinajstić information content (AvgIpc) is 2.93. The number of carbonyl (C=O) groups is 1. The van der Waals surface area contributed by atoms with Gasteiger partial charge < -0.3 is 10.5 Å². The highest BCUT2D eigenvalue weighted by Crippen LogP contribution is 2.13. The van der Waals surface area contributed by atoms with E-state index in [0.717, 1.165) is 37.3 Å². The van der Waals surface area contributed by atoms with Crippen LogP contribution in [0.4, 0.5) is 0 Å². The molecule has 1 aromatic heterocycles. The molecule has 0 radical (unpaired) electrons. The minimum Gasteiger partial charge on any atom is -0.374 e. The highest BCUT2D eigenvalue weighted by molar-refractivity contribution is 5.92. The van der Waals surface area contributed by atoms with E-state index in [-0.39, 0.29) is 12.0 Å². The van der Waals surface area contributed by atoms with Crippen molar-refractivity contribution in [2.45, 2.75) is 26.1 Å². The van der Waals surface area contributed by atoms with Crippen molar-refractivity contribution in [3.05, 3.63) is 53.3 Å². The first-order valence-electron chi connectivity index (χ1n) is 7.82. The van der Waals surface area contributed by atoms with Crippen LogP contribution in [-0.2, 0) is 17.8 Å². The monoisotopic (exact) mass is 314 g/mol. The smallest absolute Gasteiger partial charge is 0.248 e. The van der Waals surface area contributed by atoms with Gasteiger partial charge in [0.05, 0.1) is 25.5 Å². The molecule has 0 bridgehead atoms. The molecule has 1 fully saturated rings. The van der Waals surface area contributed by atoms with Crippen LogP contribution in [-0.4, -0.2) is 46.4 Å². The summed E-state index contributed by atoms with van der Waals surface area (Å²) in [6.07, 6.45) is 4.01. The molecule has 1 aliphatic rings. The Kier molecular flexibility index (Phi) is 4.73. The van der Waals surface area contributed by atoms with E-state index < -0.39 is 0 Å². The second kappa shape index (κ2) is 6.93. The SMILES string of the molecule is Cc1cnn(C[C@@H]2CN(Cc3cccc(C(N)=O)c3)CCO2)c1. The third-order valence-electron chi connectivity index (χ3n) is 3.99. The molecule has 2 aromatic rings. The predicted molar refractivity (Wildman–Crippen MR) is 86.9 cm³/mol. The number of aromatic nitrogens is 2. The van der Waals surface area contributed by atoms with Crippen molar-refractivity contribution < 1.29 is 9.53 Å². The number of morpholine rings is 1. The summed E-state index contributed by atoms with van der Waals surface area (Å²) >= 11 is 0. The van der Waals surface area contributed by atoms with E-state index in [1.54, 1.807) is 6.07 Å². The van der Waals surface area contributed by atoms with Crippen LogP contribution in [0, 0.1) is 6.92 Å². The van der Waals surface area contributed by atoms with Gasteiger partial charge in [0.25, 0.3) is 0 Å². The van der Waals surface area contributed by atoms with Gasteiger partial charge in [-0.3, -0.25) is 14.4 Å². The van der Waals surface area contributed by atoms with Gasteiger partial charge >= 0.3 is 0 Å². The van der Waals surface area contributed by atoms with Gasteiger partial charge in [-0.15, -0.1) is 0 Å². The number of rotatable bonds is 5. The number of ether oxygens (including phenoxy) is 1. The van der Waals surface area contributed by atoms with Crippen molar-refractivity contribution in [2.24, 2.45) is 5.73 Å². The van der Waals surface area contributed by atoms with E-state index in [0.29, 0.717) is 12.2 Å². The molecule has 23 heavy (non-hydrogen) atoms. The van der Waals surface area contributed by atoms with Crippen LogP contribution in [0.1, 0.15) is 21.5 Å². The van der Waals surface area contributed by atoms with Crippen LogP contribution in [0.2, 0.25) is 0 Å². The van der Waals surface area contributed by atoms with E-state index in [1.165, 1.54) is 0 Å². The molecule has 122 valence electrons. The maximum absolute atomic E-state index is 11.3. The molecule has 0 saturated carbocycles. The van der Waals surface area contributed by atoms with E-state index in [1.807, 2.05) is 42.2 Å². The van der Waals surface area contributed by atoms with E-state index in [2.05, 4.69) is 10.00 Å². The van der Waals surface area contributed by atoms with Gasteiger partial charge in [-0.1, -0.05) is 12.1 Å². The van der Waals surface area contributed by atoms with Gasteiger partial charge in [0.15, 0.2) is 0 Å². The summed E-state index contributed by atoms with van der Waals surface area (Å²) in [6, 6.07) is 7.51. The molecule has 1 saturated heterocycles. The third kappa shape index (κ3) is 4.18. The summed E-state index contributed by atoms with van der Waals surface area (Å²) in [5.74, 6) is -0.388. The van der Waals surface area contributed by atoms with Crippen molar-refractivity contribution in [3.63, 3.8) is 0 Å². The number of benzene rings is 1. The van der Waals surface area contributed by atoms with Gasteiger partial charge in [0, 0.05) is 31.4 Å². The van der Waals surface area contributed by atoms with Crippen molar-refractivity contribution in [2.75, 3.05) is 19.7 Å². The Morgan fingerprint density at radius 2 is 2.35 bits per heavy atom. The molecular weight excluding hydrogens is 292 g/mol. The number of nitrogens with zero attached hydrogens (tertiary/aromatic N) is 3. The molecule has 6 heteroatoms. The van der Waals surface area contributed by atoms with Crippen molar-refractivity contribution in [1.82, 2.24) is 14.7 Å². The zero-order chi connectivity index (χ0) is 16.2. The number of hydrogen-bond donors (Lipinski definition) is 1. The molecule has 0 unspecified atom stereocenters. The predicted octanol–water partition coefficient (Wildman–Crippen LogP) is 1.19. The molecule has 6 nitrogen and oxygen atoms in total. The summed E-state index contributed by atoms with van der Waals surface area (Å²) in [6.45, 7) is 6.02. The van der Waals surface area contributed by atoms with Gasteiger partial charge in [-0.25, -0.2) is 0 Å². The molecule has 0 aliphatic carbocycles. The second-order valence-corrected chi connectivity index (χ2v) is 6.03. The normalized spacial score (nSPS) is 18.9. The Hall–Kier alpha value is -2.18. The van der Waals surface area contributed by atoms with E-state index >= 15 is 0 Å². The maximum atomic E-state index is 11.3. The average molecular weight is 314 g/mol. The Morgan fingerprint density at radius 1 is 1.48 bits per heavy atom. The van der Waals surface area contributed by atoms with Gasteiger partial charge in [-0.05, 0) is 30.2 Å². The standard InChI is InChI=1S/C17H22N4O2/c1-13-8-19-21(9-13)12-16-11-20(5-6-23-16)10-14-3-2-4-15(7-14)17(18)22/h2-4,7-9,16H,5-6,10-12H2,1H3,(H2,18,22)/t16-/m0/s1. The molecule has 2 N–H and O–H groups in total. The number of nitrogens with two attached hydrogens (primary N) is 1. The summed E-state index contributed by atoms with van der Waals surface area (Å²) in [5, 5.41) is 4.32.